The van der Waals surface area contributed by atoms with Crippen LogP contribution in [-0.2, 0) is 9.84 Å². The summed E-state index contributed by atoms with van der Waals surface area (Å²) in [6.07, 6.45) is 0.642. The van der Waals surface area contributed by atoms with E-state index in [1.807, 2.05) is 6.92 Å². The van der Waals surface area contributed by atoms with Gasteiger partial charge in [-0.1, -0.05) is 6.07 Å². The summed E-state index contributed by atoms with van der Waals surface area (Å²) in [5, 5.41) is 12.2. The van der Waals surface area contributed by atoms with Crippen molar-refractivity contribution in [2.75, 3.05) is 23.4 Å². The highest BCUT2D eigenvalue weighted by Gasteiger charge is 2.27. The Labute approximate surface area is 112 Å². The number of nitrogens with one attached hydrogen (secondary N) is 1. The lowest BCUT2D eigenvalue weighted by Crippen LogP contribution is -2.17. The predicted molar refractivity (Wildman–Crippen MR) is 73.4 cm³/mol. The molecule has 1 aliphatic rings. The van der Waals surface area contributed by atoms with Crippen molar-refractivity contribution in [2.24, 2.45) is 5.92 Å². The number of carboxylic acids is 1. The van der Waals surface area contributed by atoms with E-state index >= 15 is 0 Å². The smallest absolute Gasteiger partial charge is 0.337 e. The van der Waals surface area contributed by atoms with Crippen molar-refractivity contribution in [2.45, 2.75) is 13.3 Å². The van der Waals surface area contributed by atoms with Crippen molar-refractivity contribution in [3.8, 4) is 0 Å². The highest BCUT2D eigenvalue weighted by molar-refractivity contribution is 7.91. The predicted octanol–water partition coefficient (Wildman–Crippen LogP) is 1.54. The topological polar surface area (TPSA) is 83.5 Å². The van der Waals surface area contributed by atoms with E-state index in [0.29, 0.717) is 18.7 Å². The molecule has 19 heavy (non-hydrogen) atoms. The zero-order chi connectivity index (χ0) is 14.0. The summed E-state index contributed by atoms with van der Waals surface area (Å²) in [5.74, 6) is -0.499. The van der Waals surface area contributed by atoms with Gasteiger partial charge >= 0.3 is 5.97 Å². The van der Waals surface area contributed by atoms with Gasteiger partial charge in [-0.2, -0.15) is 0 Å². The third kappa shape index (κ3) is 3.47. The van der Waals surface area contributed by atoms with Crippen molar-refractivity contribution in [1.29, 1.82) is 0 Å². The summed E-state index contributed by atoms with van der Waals surface area (Å²) < 4.78 is 22.7. The largest absolute Gasteiger partial charge is 0.478 e. The fourth-order valence-corrected chi connectivity index (χ4v) is 4.14. The molecule has 5 nitrogen and oxygen atoms in total. The normalized spacial score (nSPS) is 21.2. The van der Waals surface area contributed by atoms with Crippen molar-refractivity contribution < 1.29 is 18.3 Å². The van der Waals surface area contributed by atoms with Gasteiger partial charge in [0.15, 0.2) is 9.84 Å². The van der Waals surface area contributed by atoms with Crippen molar-refractivity contribution in [3.63, 3.8) is 0 Å². The molecule has 0 radical (unpaired) electrons. The summed E-state index contributed by atoms with van der Waals surface area (Å²) in [6.45, 7) is 2.37. The first kappa shape index (κ1) is 13.9. The van der Waals surface area contributed by atoms with Crippen molar-refractivity contribution in [3.05, 3.63) is 29.3 Å². The number of hydrogen-bond acceptors (Lipinski definition) is 4. The van der Waals surface area contributed by atoms with Crippen molar-refractivity contribution >= 4 is 21.5 Å². The fraction of sp³-hybridized carbons (Fsp3) is 0.462. The second-order valence-corrected chi connectivity index (χ2v) is 7.23. The third-order valence-corrected chi connectivity index (χ3v) is 5.15. The van der Waals surface area contributed by atoms with E-state index in [9.17, 15) is 13.2 Å². The molecular weight excluding hydrogens is 266 g/mol. The molecule has 1 unspecified atom stereocenters. The monoisotopic (exact) mass is 283 g/mol. The number of anilines is 1. The van der Waals surface area contributed by atoms with Crippen LogP contribution in [0.2, 0.25) is 0 Å². The molecule has 1 aromatic rings. The minimum absolute atomic E-state index is 0.0622. The zero-order valence-electron chi connectivity index (χ0n) is 10.7. The van der Waals surface area contributed by atoms with Gasteiger partial charge in [-0.15, -0.1) is 0 Å². The highest BCUT2D eigenvalue weighted by Crippen LogP contribution is 2.22. The van der Waals surface area contributed by atoms with Crippen LogP contribution in [0.1, 0.15) is 22.3 Å². The molecule has 1 aromatic carbocycles. The summed E-state index contributed by atoms with van der Waals surface area (Å²) in [7, 11) is -2.89. The molecular formula is C13H17NO4S. The van der Waals surface area contributed by atoms with Crippen LogP contribution in [0, 0.1) is 12.8 Å². The SMILES string of the molecule is Cc1ccc(C(=O)O)c(NCC2CCS(=O)(=O)C2)c1. The first-order valence-electron chi connectivity index (χ1n) is 6.15. The van der Waals surface area contributed by atoms with E-state index in [1.165, 1.54) is 0 Å². The van der Waals surface area contributed by atoms with Gasteiger partial charge < -0.3 is 10.4 Å². The Hall–Kier alpha value is -1.56. The van der Waals surface area contributed by atoms with E-state index in [4.69, 9.17) is 5.11 Å². The first-order chi connectivity index (χ1) is 8.87. The van der Waals surface area contributed by atoms with Crippen LogP contribution in [0.3, 0.4) is 0 Å². The molecule has 2 rings (SSSR count). The molecule has 0 saturated carbocycles. The molecule has 1 saturated heterocycles. The van der Waals surface area contributed by atoms with Crippen LogP contribution < -0.4 is 5.32 Å². The molecule has 0 aliphatic carbocycles. The van der Waals surface area contributed by atoms with Gasteiger partial charge in [0.1, 0.15) is 0 Å². The molecule has 0 amide bonds. The van der Waals surface area contributed by atoms with E-state index in [1.54, 1.807) is 18.2 Å². The van der Waals surface area contributed by atoms with Crippen LogP contribution in [0.25, 0.3) is 0 Å². The lowest BCUT2D eigenvalue weighted by Gasteiger charge is -2.13. The lowest BCUT2D eigenvalue weighted by molar-refractivity contribution is 0.0698. The van der Waals surface area contributed by atoms with E-state index in [-0.39, 0.29) is 23.0 Å². The number of carboxylic acid groups (broad SMARTS) is 1. The van der Waals surface area contributed by atoms with Gasteiger partial charge in [0.2, 0.25) is 0 Å². The highest BCUT2D eigenvalue weighted by atomic mass is 32.2. The number of aromatic carboxylic acids is 1. The molecule has 104 valence electrons. The second-order valence-electron chi connectivity index (χ2n) is 5.00. The average molecular weight is 283 g/mol. The molecule has 1 fully saturated rings. The van der Waals surface area contributed by atoms with Gasteiger partial charge in [0.05, 0.1) is 17.1 Å². The minimum atomic E-state index is -2.89. The number of sulfone groups is 1. The van der Waals surface area contributed by atoms with Gasteiger partial charge in [0, 0.05) is 12.2 Å². The van der Waals surface area contributed by atoms with E-state index in [2.05, 4.69) is 5.32 Å². The first-order valence-corrected chi connectivity index (χ1v) is 7.98. The van der Waals surface area contributed by atoms with Gasteiger partial charge in [-0.05, 0) is 37.0 Å². The quantitative estimate of drug-likeness (QED) is 0.875. The minimum Gasteiger partial charge on any atom is -0.478 e. The maximum absolute atomic E-state index is 11.4. The zero-order valence-corrected chi connectivity index (χ0v) is 11.5. The van der Waals surface area contributed by atoms with E-state index < -0.39 is 15.8 Å². The fourth-order valence-electron chi connectivity index (χ4n) is 2.28. The summed E-state index contributed by atoms with van der Waals surface area (Å²) in [4.78, 5) is 11.1. The number of benzene rings is 1. The van der Waals surface area contributed by atoms with Gasteiger partial charge in [-0.3, -0.25) is 0 Å². The Kier molecular flexibility index (Phi) is 3.80. The Bertz CT molecular complexity index is 595. The molecule has 0 bridgehead atoms. The molecule has 0 aromatic heterocycles. The molecule has 6 heteroatoms. The van der Waals surface area contributed by atoms with Crippen LogP contribution in [0.5, 0.6) is 0 Å². The van der Waals surface area contributed by atoms with Crippen LogP contribution >= 0.6 is 0 Å². The number of carbonyl (C=O) groups is 1. The molecule has 1 heterocycles. The summed E-state index contributed by atoms with van der Waals surface area (Å²) >= 11 is 0. The summed E-state index contributed by atoms with van der Waals surface area (Å²) in [5.41, 5.74) is 1.73. The number of aryl methyl sites for hydroxylation is 1. The maximum atomic E-state index is 11.4. The molecule has 0 spiro atoms. The van der Waals surface area contributed by atoms with Crippen LogP contribution in [0.4, 0.5) is 5.69 Å². The maximum Gasteiger partial charge on any atom is 0.337 e. The molecule has 1 atom stereocenters. The number of hydrogen-bond donors (Lipinski definition) is 2. The molecule has 2 N–H and O–H groups in total. The standard InChI is InChI=1S/C13H17NO4S/c1-9-2-3-11(13(15)16)12(6-9)14-7-10-4-5-19(17,18)8-10/h2-3,6,10,14H,4-5,7-8H2,1H3,(H,15,16). The van der Waals surface area contributed by atoms with Gasteiger partial charge in [-0.25, -0.2) is 13.2 Å². The second kappa shape index (κ2) is 5.21. The Morgan fingerprint density at radius 3 is 2.79 bits per heavy atom. The average Bonchev–Trinajstić information content (AvgIpc) is 2.66. The summed E-state index contributed by atoms with van der Waals surface area (Å²) in [6, 6.07) is 5.08. The van der Waals surface area contributed by atoms with Crippen LogP contribution in [-0.4, -0.2) is 37.5 Å². The molecule has 1 aliphatic heterocycles. The Morgan fingerprint density at radius 2 is 2.21 bits per heavy atom. The van der Waals surface area contributed by atoms with E-state index in [0.717, 1.165) is 5.56 Å². The number of rotatable bonds is 4. The lowest BCUT2D eigenvalue weighted by atomic mass is 10.1. The Balaban J connectivity index is 2.07. The van der Waals surface area contributed by atoms with Crippen LogP contribution in [0.15, 0.2) is 18.2 Å². The Morgan fingerprint density at radius 1 is 1.47 bits per heavy atom. The van der Waals surface area contributed by atoms with Gasteiger partial charge in [0.25, 0.3) is 0 Å². The van der Waals surface area contributed by atoms with Crippen molar-refractivity contribution in [1.82, 2.24) is 0 Å². The third-order valence-electron chi connectivity index (χ3n) is 3.31.